The molecule has 1 heteroatoms. The monoisotopic (exact) mass is 177 g/mol. The van der Waals surface area contributed by atoms with Gasteiger partial charge in [-0.1, -0.05) is 26.8 Å². The zero-order chi connectivity index (χ0) is 9.84. The molecule has 0 spiro atoms. The number of nitrogens with two attached hydrogens (primary N) is 1. The summed E-state index contributed by atoms with van der Waals surface area (Å²) in [5.74, 6) is 0.716. The van der Waals surface area contributed by atoms with Crippen molar-refractivity contribution in [1.29, 1.82) is 0 Å². The fourth-order valence-corrected chi connectivity index (χ4v) is 1.83. The standard InChI is InChI=1S/C10H13N.C2H6/c1-7-2-3-8-4-5-9(11)6-10(7)8;1-2/h4-7H,2-3,11H2,1H3;1-2H3. The predicted molar refractivity (Wildman–Crippen MR) is 58.9 cm³/mol. The van der Waals surface area contributed by atoms with Gasteiger partial charge in [0.25, 0.3) is 0 Å². The number of rotatable bonds is 0. The Kier molecular flexibility index (Phi) is 3.35. The molecule has 0 saturated heterocycles. The minimum atomic E-state index is 0.716. The first-order valence-corrected chi connectivity index (χ1v) is 5.15. The molecule has 0 aliphatic heterocycles. The van der Waals surface area contributed by atoms with Gasteiger partial charge in [0.15, 0.2) is 0 Å². The lowest BCUT2D eigenvalue weighted by molar-refractivity contribution is 0.747. The summed E-state index contributed by atoms with van der Waals surface area (Å²) in [6.45, 7) is 6.27. The van der Waals surface area contributed by atoms with Crippen LogP contribution in [0.1, 0.15) is 44.2 Å². The van der Waals surface area contributed by atoms with Crippen LogP contribution in [0.5, 0.6) is 0 Å². The van der Waals surface area contributed by atoms with Crippen LogP contribution in [0.3, 0.4) is 0 Å². The molecule has 1 aliphatic carbocycles. The van der Waals surface area contributed by atoms with E-state index in [2.05, 4.69) is 19.1 Å². The minimum absolute atomic E-state index is 0.716. The number of benzene rings is 1. The topological polar surface area (TPSA) is 26.0 Å². The van der Waals surface area contributed by atoms with E-state index in [0.717, 1.165) is 5.69 Å². The first-order valence-electron chi connectivity index (χ1n) is 5.15. The lowest BCUT2D eigenvalue weighted by atomic mass is 10.0. The summed E-state index contributed by atoms with van der Waals surface area (Å²) in [5.41, 5.74) is 9.55. The highest BCUT2D eigenvalue weighted by atomic mass is 14.5. The van der Waals surface area contributed by atoms with E-state index in [1.54, 1.807) is 0 Å². The van der Waals surface area contributed by atoms with Crippen molar-refractivity contribution in [3.8, 4) is 0 Å². The molecule has 2 rings (SSSR count). The third-order valence-corrected chi connectivity index (χ3v) is 2.55. The fraction of sp³-hybridized carbons (Fsp3) is 0.500. The number of anilines is 1. The maximum absolute atomic E-state index is 5.69. The van der Waals surface area contributed by atoms with E-state index in [1.807, 2.05) is 19.9 Å². The van der Waals surface area contributed by atoms with Crippen LogP contribution in [0.15, 0.2) is 18.2 Å². The van der Waals surface area contributed by atoms with Gasteiger partial charge in [-0.15, -0.1) is 0 Å². The van der Waals surface area contributed by atoms with E-state index in [4.69, 9.17) is 5.73 Å². The van der Waals surface area contributed by atoms with Gasteiger partial charge < -0.3 is 5.73 Å². The van der Waals surface area contributed by atoms with Gasteiger partial charge in [0, 0.05) is 5.69 Å². The Bertz CT molecular complexity index is 278. The van der Waals surface area contributed by atoms with Gasteiger partial charge in [0.2, 0.25) is 0 Å². The molecule has 0 radical (unpaired) electrons. The van der Waals surface area contributed by atoms with Gasteiger partial charge in [-0.2, -0.15) is 0 Å². The van der Waals surface area contributed by atoms with Crippen molar-refractivity contribution in [3.05, 3.63) is 29.3 Å². The average molecular weight is 177 g/mol. The van der Waals surface area contributed by atoms with Gasteiger partial charge in [-0.05, 0) is 42.0 Å². The van der Waals surface area contributed by atoms with Crippen LogP contribution < -0.4 is 5.73 Å². The van der Waals surface area contributed by atoms with Crippen molar-refractivity contribution in [2.45, 2.75) is 39.5 Å². The van der Waals surface area contributed by atoms with Gasteiger partial charge >= 0.3 is 0 Å². The third-order valence-electron chi connectivity index (χ3n) is 2.55. The van der Waals surface area contributed by atoms with E-state index >= 15 is 0 Å². The summed E-state index contributed by atoms with van der Waals surface area (Å²) >= 11 is 0. The van der Waals surface area contributed by atoms with Crippen molar-refractivity contribution in [1.82, 2.24) is 0 Å². The molecule has 0 bridgehead atoms. The van der Waals surface area contributed by atoms with Crippen molar-refractivity contribution in [2.75, 3.05) is 5.73 Å². The molecule has 1 atom stereocenters. The predicted octanol–water partition coefficient (Wildman–Crippen LogP) is 3.34. The first kappa shape index (κ1) is 10.1. The quantitative estimate of drug-likeness (QED) is 0.604. The molecule has 0 fully saturated rings. The molecule has 72 valence electrons. The van der Waals surface area contributed by atoms with E-state index in [1.165, 1.54) is 24.0 Å². The minimum Gasteiger partial charge on any atom is -0.399 e. The number of hydrogen-bond donors (Lipinski definition) is 1. The Morgan fingerprint density at radius 1 is 1.31 bits per heavy atom. The molecular formula is C12H19N. The van der Waals surface area contributed by atoms with Crippen LogP contribution >= 0.6 is 0 Å². The summed E-state index contributed by atoms with van der Waals surface area (Å²) in [4.78, 5) is 0. The molecule has 1 nitrogen and oxygen atoms in total. The molecule has 1 aliphatic rings. The highest BCUT2D eigenvalue weighted by Gasteiger charge is 2.17. The van der Waals surface area contributed by atoms with Crippen LogP contribution in [-0.4, -0.2) is 0 Å². The molecule has 13 heavy (non-hydrogen) atoms. The van der Waals surface area contributed by atoms with Gasteiger partial charge in [0.1, 0.15) is 0 Å². The molecule has 1 aromatic carbocycles. The van der Waals surface area contributed by atoms with Crippen molar-refractivity contribution >= 4 is 5.69 Å². The maximum Gasteiger partial charge on any atom is 0.0317 e. The van der Waals surface area contributed by atoms with Gasteiger partial charge in [0.05, 0.1) is 0 Å². The number of fused-ring (bicyclic) bond motifs is 1. The Hall–Kier alpha value is -0.980. The Balaban J connectivity index is 0.000000396. The largest absolute Gasteiger partial charge is 0.399 e. The number of hydrogen-bond acceptors (Lipinski definition) is 1. The Morgan fingerprint density at radius 2 is 2.00 bits per heavy atom. The summed E-state index contributed by atoms with van der Waals surface area (Å²) in [6.07, 6.45) is 2.52. The second-order valence-electron chi connectivity index (χ2n) is 3.40. The zero-order valence-corrected chi connectivity index (χ0v) is 8.80. The van der Waals surface area contributed by atoms with E-state index < -0.39 is 0 Å². The third kappa shape index (κ3) is 2.03. The molecule has 0 aromatic heterocycles. The summed E-state index contributed by atoms with van der Waals surface area (Å²) in [6, 6.07) is 6.28. The average Bonchev–Trinajstić information content (AvgIpc) is 2.52. The molecule has 0 saturated carbocycles. The molecule has 0 amide bonds. The van der Waals surface area contributed by atoms with E-state index in [0.29, 0.717) is 5.92 Å². The Morgan fingerprint density at radius 3 is 2.69 bits per heavy atom. The molecule has 2 N–H and O–H groups in total. The van der Waals surface area contributed by atoms with Crippen LogP contribution in [0, 0.1) is 0 Å². The molecule has 1 unspecified atom stereocenters. The van der Waals surface area contributed by atoms with E-state index in [-0.39, 0.29) is 0 Å². The molecule has 1 aromatic rings. The summed E-state index contributed by atoms with van der Waals surface area (Å²) in [7, 11) is 0. The molecular weight excluding hydrogens is 158 g/mol. The highest BCUT2D eigenvalue weighted by Crippen LogP contribution is 2.33. The molecule has 0 heterocycles. The SMILES string of the molecule is CC.CC1CCc2ccc(N)cc21. The smallest absolute Gasteiger partial charge is 0.0317 e. The lowest BCUT2D eigenvalue weighted by Gasteiger charge is -2.04. The number of aryl methyl sites for hydroxylation is 1. The summed E-state index contributed by atoms with van der Waals surface area (Å²) in [5, 5.41) is 0. The van der Waals surface area contributed by atoms with Gasteiger partial charge in [-0.25, -0.2) is 0 Å². The van der Waals surface area contributed by atoms with Gasteiger partial charge in [-0.3, -0.25) is 0 Å². The fourth-order valence-electron chi connectivity index (χ4n) is 1.83. The van der Waals surface area contributed by atoms with Crippen molar-refractivity contribution in [2.24, 2.45) is 0 Å². The van der Waals surface area contributed by atoms with Crippen molar-refractivity contribution < 1.29 is 0 Å². The van der Waals surface area contributed by atoms with E-state index in [9.17, 15) is 0 Å². The van der Waals surface area contributed by atoms with Crippen LogP contribution in [-0.2, 0) is 6.42 Å². The maximum atomic E-state index is 5.69. The van der Waals surface area contributed by atoms with Crippen molar-refractivity contribution in [3.63, 3.8) is 0 Å². The van der Waals surface area contributed by atoms with Crippen LogP contribution in [0.2, 0.25) is 0 Å². The van der Waals surface area contributed by atoms with Crippen LogP contribution in [0.4, 0.5) is 5.69 Å². The number of nitrogen functional groups attached to an aromatic ring is 1. The van der Waals surface area contributed by atoms with Crippen LogP contribution in [0.25, 0.3) is 0 Å². The lowest BCUT2D eigenvalue weighted by Crippen LogP contribution is -1.90. The zero-order valence-electron chi connectivity index (χ0n) is 8.80. The second kappa shape index (κ2) is 4.31. The second-order valence-corrected chi connectivity index (χ2v) is 3.40. The Labute approximate surface area is 81.0 Å². The summed E-state index contributed by atoms with van der Waals surface area (Å²) < 4.78 is 0. The first-order chi connectivity index (χ1) is 6.27. The normalized spacial score (nSPS) is 18.8. The highest BCUT2D eigenvalue weighted by molar-refractivity contribution is 5.47.